The third kappa shape index (κ3) is 4.49. The van der Waals surface area contributed by atoms with Crippen LogP contribution in [0, 0.1) is 0 Å². The average molecular weight is 330 g/mol. The zero-order chi connectivity index (χ0) is 17.7. The molecule has 2 rings (SSSR count). The van der Waals surface area contributed by atoms with E-state index in [-0.39, 0.29) is 24.5 Å². The summed E-state index contributed by atoms with van der Waals surface area (Å²) >= 11 is 0. The lowest BCUT2D eigenvalue weighted by Crippen LogP contribution is -2.36. The second-order valence-electron chi connectivity index (χ2n) is 6.97. The maximum atomic E-state index is 11.8. The number of nitrogens with zero attached hydrogens (tertiary/aromatic N) is 3. The standard InChI is InChI=1S/C18H26N4O2/c1-18(2,3)17-16-14(5-6-20-17)9-13(11-21-16)10-19-12-15(24)22(4)7-8-23/h5-6,9,11,19,23H,7-8,10,12H2,1-4H3. The molecule has 6 heteroatoms. The van der Waals surface area contributed by atoms with Crippen LogP contribution >= 0.6 is 0 Å². The highest BCUT2D eigenvalue weighted by Gasteiger charge is 2.19. The van der Waals surface area contributed by atoms with E-state index in [0.29, 0.717) is 13.1 Å². The number of carbonyl (C=O) groups is 1. The number of pyridine rings is 2. The van der Waals surface area contributed by atoms with Crippen LogP contribution in [0.2, 0.25) is 0 Å². The van der Waals surface area contributed by atoms with Gasteiger partial charge in [0.2, 0.25) is 5.91 Å². The molecular formula is C18H26N4O2. The summed E-state index contributed by atoms with van der Waals surface area (Å²) in [6, 6.07) is 4.04. The Morgan fingerprint density at radius 3 is 2.75 bits per heavy atom. The fourth-order valence-electron chi connectivity index (χ4n) is 2.47. The summed E-state index contributed by atoms with van der Waals surface area (Å²) in [6.45, 7) is 7.50. The van der Waals surface area contributed by atoms with Gasteiger partial charge in [-0.2, -0.15) is 0 Å². The molecule has 2 aromatic rings. The Labute approximate surface area is 142 Å². The monoisotopic (exact) mass is 330 g/mol. The summed E-state index contributed by atoms with van der Waals surface area (Å²) < 4.78 is 0. The van der Waals surface area contributed by atoms with Crippen molar-refractivity contribution in [3.63, 3.8) is 0 Å². The first kappa shape index (κ1) is 18.3. The summed E-state index contributed by atoms with van der Waals surface area (Å²) in [6.07, 6.45) is 3.64. The van der Waals surface area contributed by atoms with Gasteiger partial charge in [-0.05, 0) is 17.7 Å². The van der Waals surface area contributed by atoms with Crippen LogP contribution in [0.15, 0.2) is 24.5 Å². The van der Waals surface area contributed by atoms with Crippen molar-refractivity contribution in [2.24, 2.45) is 0 Å². The Morgan fingerprint density at radius 1 is 1.33 bits per heavy atom. The predicted octanol–water partition coefficient (Wildman–Crippen LogP) is 1.47. The minimum Gasteiger partial charge on any atom is -0.395 e. The molecule has 0 aliphatic carbocycles. The second kappa shape index (κ2) is 7.68. The van der Waals surface area contributed by atoms with Gasteiger partial charge in [0.1, 0.15) is 0 Å². The van der Waals surface area contributed by atoms with Crippen molar-refractivity contribution in [3.8, 4) is 0 Å². The van der Waals surface area contributed by atoms with Crippen molar-refractivity contribution in [3.05, 3.63) is 35.8 Å². The third-order valence-corrected chi connectivity index (χ3v) is 3.83. The highest BCUT2D eigenvalue weighted by molar-refractivity contribution is 5.81. The van der Waals surface area contributed by atoms with E-state index >= 15 is 0 Å². The van der Waals surface area contributed by atoms with Gasteiger partial charge < -0.3 is 15.3 Å². The van der Waals surface area contributed by atoms with E-state index in [2.05, 4.69) is 42.1 Å². The van der Waals surface area contributed by atoms with Gasteiger partial charge in [0, 0.05) is 43.3 Å². The maximum absolute atomic E-state index is 11.8. The Morgan fingerprint density at radius 2 is 2.08 bits per heavy atom. The molecule has 0 aliphatic heterocycles. The number of amides is 1. The molecule has 0 aliphatic rings. The normalized spacial score (nSPS) is 11.7. The van der Waals surface area contributed by atoms with Crippen LogP contribution in [0.5, 0.6) is 0 Å². The Bertz CT molecular complexity index is 710. The topological polar surface area (TPSA) is 78.4 Å². The summed E-state index contributed by atoms with van der Waals surface area (Å²) in [7, 11) is 1.68. The number of likely N-dealkylation sites (N-methyl/N-ethyl adjacent to an activating group) is 1. The first-order chi connectivity index (χ1) is 11.3. The smallest absolute Gasteiger partial charge is 0.236 e. The molecule has 0 atom stereocenters. The number of hydrogen-bond acceptors (Lipinski definition) is 5. The Balaban J connectivity index is 2.05. The molecule has 130 valence electrons. The number of aliphatic hydroxyl groups is 1. The summed E-state index contributed by atoms with van der Waals surface area (Å²) in [5.41, 5.74) is 2.87. The van der Waals surface area contributed by atoms with E-state index < -0.39 is 0 Å². The van der Waals surface area contributed by atoms with Crippen molar-refractivity contribution in [2.45, 2.75) is 32.7 Å². The van der Waals surface area contributed by atoms with Gasteiger partial charge in [-0.25, -0.2) is 0 Å². The molecule has 24 heavy (non-hydrogen) atoms. The van der Waals surface area contributed by atoms with Gasteiger partial charge in [-0.15, -0.1) is 0 Å². The van der Waals surface area contributed by atoms with E-state index in [1.165, 1.54) is 4.90 Å². The largest absolute Gasteiger partial charge is 0.395 e. The highest BCUT2D eigenvalue weighted by Crippen LogP contribution is 2.26. The molecule has 6 nitrogen and oxygen atoms in total. The van der Waals surface area contributed by atoms with Gasteiger partial charge >= 0.3 is 0 Å². The van der Waals surface area contributed by atoms with Crippen LogP contribution < -0.4 is 5.32 Å². The number of fused-ring (bicyclic) bond motifs is 1. The van der Waals surface area contributed by atoms with Crippen LogP contribution in [0.3, 0.4) is 0 Å². The molecular weight excluding hydrogens is 304 g/mol. The van der Waals surface area contributed by atoms with Crippen molar-refractivity contribution < 1.29 is 9.90 Å². The fourth-order valence-corrected chi connectivity index (χ4v) is 2.47. The summed E-state index contributed by atoms with van der Waals surface area (Å²) in [5.74, 6) is -0.0444. The molecule has 2 N–H and O–H groups in total. The van der Waals surface area contributed by atoms with Crippen molar-refractivity contribution in [1.82, 2.24) is 20.2 Å². The van der Waals surface area contributed by atoms with E-state index in [1.807, 2.05) is 18.5 Å². The lowest BCUT2D eigenvalue weighted by Gasteiger charge is -2.19. The fraction of sp³-hybridized carbons (Fsp3) is 0.500. The highest BCUT2D eigenvalue weighted by atomic mass is 16.3. The number of carbonyl (C=O) groups excluding carboxylic acids is 1. The molecule has 0 fully saturated rings. The quantitative estimate of drug-likeness (QED) is 0.838. The molecule has 0 saturated carbocycles. The summed E-state index contributed by atoms with van der Waals surface area (Å²) in [4.78, 5) is 22.4. The Kier molecular flexibility index (Phi) is 5.85. The number of aromatic nitrogens is 2. The van der Waals surface area contributed by atoms with Gasteiger partial charge in [-0.1, -0.05) is 20.8 Å². The summed E-state index contributed by atoms with van der Waals surface area (Å²) in [5, 5.41) is 13.0. The average Bonchev–Trinajstić information content (AvgIpc) is 2.53. The van der Waals surface area contributed by atoms with Crippen LogP contribution in [-0.4, -0.2) is 52.6 Å². The van der Waals surface area contributed by atoms with E-state index in [9.17, 15) is 4.79 Å². The number of nitrogens with one attached hydrogen (secondary N) is 1. The molecule has 2 heterocycles. The maximum Gasteiger partial charge on any atom is 0.236 e. The molecule has 0 unspecified atom stereocenters. The molecule has 0 radical (unpaired) electrons. The van der Waals surface area contributed by atoms with Crippen LogP contribution in [0.25, 0.3) is 10.9 Å². The first-order valence-corrected chi connectivity index (χ1v) is 8.12. The van der Waals surface area contributed by atoms with Crippen LogP contribution in [-0.2, 0) is 16.8 Å². The zero-order valence-corrected chi connectivity index (χ0v) is 14.8. The molecule has 2 aromatic heterocycles. The molecule has 0 bridgehead atoms. The van der Waals surface area contributed by atoms with Crippen molar-refractivity contribution >= 4 is 16.8 Å². The number of aliphatic hydroxyl groups excluding tert-OH is 1. The van der Waals surface area contributed by atoms with E-state index in [4.69, 9.17) is 5.11 Å². The van der Waals surface area contributed by atoms with Gasteiger partial charge in [-0.3, -0.25) is 14.8 Å². The molecule has 0 saturated heterocycles. The minimum absolute atomic E-state index is 0.0268. The number of hydrogen-bond donors (Lipinski definition) is 2. The third-order valence-electron chi connectivity index (χ3n) is 3.83. The molecule has 0 aromatic carbocycles. The van der Waals surface area contributed by atoms with Crippen LogP contribution in [0.1, 0.15) is 32.0 Å². The van der Waals surface area contributed by atoms with Crippen molar-refractivity contribution in [1.29, 1.82) is 0 Å². The van der Waals surface area contributed by atoms with E-state index in [0.717, 1.165) is 22.2 Å². The lowest BCUT2D eigenvalue weighted by atomic mass is 9.90. The molecule has 0 spiro atoms. The van der Waals surface area contributed by atoms with E-state index in [1.54, 1.807) is 7.05 Å². The van der Waals surface area contributed by atoms with Crippen molar-refractivity contribution in [2.75, 3.05) is 26.7 Å². The van der Waals surface area contributed by atoms with Gasteiger partial charge in [0.05, 0.1) is 24.4 Å². The van der Waals surface area contributed by atoms with Gasteiger partial charge in [0.25, 0.3) is 0 Å². The lowest BCUT2D eigenvalue weighted by molar-refractivity contribution is -0.129. The zero-order valence-electron chi connectivity index (χ0n) is 14.8. The first-order valence-electron chi connectivity index (χ1n) is 8.12. The SMILES string of the molecule is CN(CCO)C(=O)CNCc1cnc2c(C(C)(C)C)nccc2c1. The minimum atomic E-state index is -0.0595. The van der Waals surface area contributed by atoms with Crippen LogP contribution in [0.4, 0.5) is 0 Å². The Hall–Kier alpha value is -2.05. The molecule has 1 amide bonds. The van der Waals surface area contributed by atoms with Gasteiger partial charge in [0.15, 0.2) is 0 Å². The number of rotatable bonds is 6. The predicted molar refractivity (Wildman–Crippen MR) is 94.7 cm³/mol. The second-order valence-corrected chi connectivity index (χ2v) is 6.97.